The lowest BCUT2D eigenvalue weighted by molar-refractivity contribution is 0.237. The lowest BCUT2D eigenvalue weighted by atomic mass is 9.78. The molecule has 4 heteroatoms. The van der Waals surface area contributed by atoms with Crippen molar-refractivity contribution in [2.45, 2.75) is 53.0 Å². The molecule has 0 spiro atoms. The Hall–Kier alpha value is -1.16. The van der Waals surface area contributed by atoms with Gasteiger partial charge in [0.25, 0.3) is 0 Å². The third-order valence-corrected chi connectivity index (χ3v) is 4.59. The topological polar surface area (TPSA) is 41.0 Å². The Kier molecular flexibility index (Phi) is 5.35. The summed E-state index contributed by atoms with van der Waals surface area (Å²) < 4.78 is 0. The first-order chi connectivity index (χ1) is 9.67. The summed E-state index contributed by atoms with van der Waals surface area (Å²) >= 11 is 0. The first-order valence-electron chi connectivity index (χ1n) is 7.95. The van der Waals surface area contributed by atoms with Crippen LogP contribution in [0.25, 0.3) is 0 Å². The Balaban J connectivity index is 1.87. The zero-order valence-corrected chi connectivity index (χ0v) is 13.2. The van der Waals surface area contributed by atoms with Gasteiger partial charge in [-0.2, -0.15) is 5.10 Å². The van der Waals surface area contributed by atoms with Gasteiger partial charge in [0, 0.05) is 19.6 Å². The summed E-state index contributed by atoms with van der Waals surface area (Å²) in [7, 11) is 0. The minimum absolute atomic E-state index is 0.522. The summed E-state index contributed by atoms with van der Waals surface area (Å²) in [4.78, 5) is 2.37. The predicted octanol–water partition coefficient (Wildman–Crippen LogP) is 2.99. The van der Waals surface area contributed by atoms with Crippen molar-refractivity contribution in [3.8, 4) is 0 Å². The number of hydrogen-bond donors (Lipinski definition) is 1. The highest BCUT2D eigenvalue weighted by Crippen LogP contribution is 2.34. The Morgan fingerprint density at radius 3 is 2.50 bits per heavy atom. The average Bonchev–Trinajstić information content (AvgIpc) is 2.49. The molecule has 0 aliphatic carbocycles. The molecule has 0 amide bonds. The summed E-state index contributed by atoms with van der Waals surface area (Å²) in [5, 5.41) is 12.1. The molecule has 20 heavy (non-hydrogen) atoms. The molecule has 2 heterocycles. The number of hydrogen-bond acceptors (Lipinski definition) is 4. The molecule has 0 saturated carbocycles. The van der Waals surface area contributed by atoms with Crippen molar-refractivity contribution in [3.63, 3.8) is 0 Å². The van der Waals surface area contributed by atoms with Crippen molar-refractivity contribution in [1.29, 1.82) is 0 Å². The van der Waals surface area contributed by atoms with E-state index in [0.29, 0.717) is 5.41 Å². The van der Waals surface area contributed by atoms with Gasteiger partial charge in [0.2, 0.25) is 0 Å². The number of nitrogens with one attached hydrogen (secondary N) is 1. The van der Waals surface area contributed by atoms with Crippen molar-refractivity contribution >= 4 is 5.82 Å². The Morgan fingerprint density at radius 1 is 1.20 bits per heavy atom. The molecule has 1 aromatic rings. The van der Waals surface area contributed by atoms with Crippen molar-refractivity contribution < 1.29 is 0 Å². The molecule has 0 bridgehead atoms. The van der Waals surface area contributed by atoms with Crippen molar-refractivity contribution in [3.05, 3.63) is 17.8 Å². The number of aromatic nitrogens is 2. The second kappa shape index (κ2) is 7.02. The molecule has 2 rings (SSSR count). The summed E-state index contributed by atoms with van der Waals surface area (Å²) in [5.74, 6) is 1.03. The van der Waals surface area contributed by atoms with Gasteiger partial charge in [-0.25, -0.2) is 0 Å². The van der Waals surface area contributed by atoms with Gasteiger partial charge in [-0.15, -0.1) is 5.10 Å². The van der Waals surface area contributed by atoms with Gasteiger partial charge < -0.3 is 10.2 Å². The highest BCUT2D eigenvalue weighted by atomic mass is 15.3. The maximum atomic E-state index is 4.39. The predicted molar refractivity (Wildman–Crippen MR) is 83.9 cm³/mol. The van der Waals surface area contributed by atoms with Crippen LogP contribution in [-0.4, -0.2) is 29.8 Å². The molecule has 0 aromatic carbocycles. The molecule has 1 saturated heterocycles. The maximum absolute atomic E-state index is 4.39. The molecule has 112 valence electrons. The SMILES string of the molecule is CCCNCc1ccc(N2CCC(C)(CC)CC2)nn1. The Bertz CT molecular complexity index is 393. The molecular formula is C16H28N4. The molecule has 0 unspecified atom stereocenters. The van der Waals surface area contributed by atoms with Crippen LogP contribution in [0.15, 0.2) is 12.1 Å². The molecule has 0 atom stereocenters. The normalized spacial score (nSPS) is 18.2. The first-order valence-corrected chi connectivity index (χ1v) is 7.95. The minimum Gasteiger partial charge on any atom is -0.355 e. The lowest BCUT2D eigenvalue weighted by Crippen LogP contribution is -2.39. The van der Waals surface area contributed by atoms with Gasteiger partial charge in [-0.3, -0.25) is 0 Å². The van der Waals surface area contributed by atoms with Crippen LogP contribution in [0.3, 0.4) is 0 Å². The molecule has 1 aliphatic heterocycles. The third kappa shape index (κ3) is 3.92. The number of nitrogens with zero attached hydrogens (tertiary/aromatic N) is 3. The van der Waals surface area contributed by atoms with Crippen LogP contribution in [0.2, 0.25) is 0 Å². The van der Waals surface area contributed by atoms with Gasteiger partial charge >= 0.3 is 0 Å². The summed E-state index contributed by atoms with van der Waals surface area (Å²) in [6, 6.07) is 4.21. The van der Waals surface area contributed by atoms with Gasteiger partial charge in [-0.1, -0.05) is 27.2 Å². The van der Waals surface area contributed by atoms with E-state index in [1.165, 1.54) is 19.3 Å². The first kappa shape index (κ1) is 15.2. The van der Waals surface area contributed by atoms with Gasteiger partial charge in [0.1, 0.15) is 0 Å². The number of rotatable bonds is 6. The van der Waals surface area contributed by atoms with Gasteiger partial charge in [0.05, 0.1) is 5.69 Å². The Morgan fingerprint density at radius 2 is 1.95 bits per heavy atom. The monoisotopic (exact) mass is 276 g/mol. The highest BCUT2D eigenvalue weighted by molar-refractivity contribution is 5.38. The van der Waals surface area contributed by atoms with Gasteiger partial charge in [-0.05, 0) is 43.4 Å². The standard InChI is InChI=1S/C16H28N4/c1-4-10-17-13-14-6-7-15(19-18-14)20-11-8-16(3,5-2)9-12-20/h6-7,17H,4-5,8-13H2,1-3H3. The van der Waals surface area contributed by atoms with E-state index in [2.05, 4.69) is 53.3 Å². The van der Waals surface area contributed by atoms with Crippen molar-refractivity contribution in [2.24, 2.45) is 5.41 Å². The number of anilines is 1. The third-order valence-electron chi connectivity index (χ3n) is 4.59. The van der Waals surface area contributed by atoms with E-state index in [-0.39, 0.29) is 0 Å². The second-order valence-corrected chi connectivity index (χ2v) is 6.21. The van der Waals surface area contributed by atoms with E-state index < -0.39 is 0 Å². The minimum atomic E-state index is 0.522. The fourth-order valence-corrected chi connectivity index (χ4v) is 2.64. The van der Waals surface area contributed by atoms with E-state index >= 15 is 0 Å². The maximum Gasteiger partial charge on any atom is 0.151 e. The van der Waals surface area contributed by atoms with Crippen LogP contribution in [0, 0.1) is 5.41 Å². The average molecular weight is 276 g/mol. The van der Waals surface area contributed by atoms with E-state index in [1.54, 1.807) is 0 Å². The molecule has 1 fully saturated rings. The Labute approximate surface area is 123 Å². The second-order valence-electron chi connectivity index (χ2n) is 6.21. The van der Waals surface area contributed by atoms with Crippen molar-refractivity contribution in [2.75, 3.05) is 24.5 Å². The quantitative estimate of drug-likeness (QED) is 0.811. The van der Waals surface area contributed by atoms with Crippen molar-refractivity contribution in [1.82, 2.24) is 15.5 Å². The zero-order chi connectivity index (χ0) is 14.4. The molecule has 0 radical (unpaired) electrons. The van der Waals surface area contributed by atoms with E-state index in [9.17, 15) is 0 Å². The van der Waals surface area contributed by atoms with Crippen LogP contribution >= 0.6 is 0 Å². The van der Waals surface area contributed by atoms with E-state index in [0.717, 1.165) is 44.1 Å². The van der Waals surface area contributed by atoms with E-state index in [1.807, 2.05) is 0 Å². The molecule has 1 aromatic heterocycles. The summed E-state index contributed by atoms with van der Waals surface area (Å²) in [5.41, 5.74) is 1.55. The molecule has 1 aliphatic rings. The highest BCUT2D eigenvalue weighted by Gasteiger charge is 2.28. The van der Waals surface area contributed by atoms with E-state index in [4.69, 9.17) is 0 Å². The van der Waals surface area contributed by atoms with Crippen LogP contribution in [0.1, 0.15) is 52.1 Å². The van der Waals surface area contributed by atoms with Gasteiger partial charge in [0.15, 0.2) is 5.82 Å². The van der Waals surface area contributed by atoms with Crippen LogP contribution in [0.5, 0.6) is 0 Å². The van der Waals surface area contributed by atoms with Crippen LogP contribution in [0.4, 0.5) is 5.82 Å². The molecular weight excluding hydrogens is 248 g/mol. The smallest absolute Gasteiger partial charge is 0.151 e. The zero-order valence-electron chi connectivity index (χ0n) is 13.2. The van der Waals surface area contributed by atoms with Crippen LogP contribution in [-0.2, 0) is 6.54 Å². The molecule has 4 nitrogen and oxygen atoms in total. The summed E-state index contributed by atoms with van der Waals surface area (Å²) in [6.45, 7) is 10.9. The fourth-order valence-electron chi connectivity index (χ4n) is 2.64. The fraction of sp³-hybridized carbons (Fsp3) is 0.750. The lowest BCUT2D eigenvalue weighted by Gasteiger charge is -2.39. The van der Waals surface area contributed by atoms with Crippen LogP contribution < -0.4 is 10.2 Å². The summed E-state index contributed by atoms with van der Waals surface area (Å²) in [6.07, 6.45) is 4.93. The molecule has 1 N–H and O–H groups in total. The number of piperidine rings is 1. The largest absolute Gasteiger partial charge is 0.355 e.